The van der Waals surface area contributed by atoms with Crippen LogP contribution in [0.15, 0.2) is 72.8 Å². The summed E-state index contributed by atoms with van der Waals surface area (Å²) >= 11 is 0. The van der Waals surface area contributed by atoms with Crippen molar-refractivity contribution >= 4 is 16.5 Å². The third kappa shape index (κ3) is 2.97. The van der Waals surface area contributed by atoms with Gasteiger partial charge in [0.05, 0.1) is 12.6 Å². The van der Waals surface area contributed by atoms with Crippen molar-refractivity contribution in [2.24, 2.45) is 11.8 Å². The summed E-state index contributed by atoms with van der Waals surface area (Å²) in [6, 6.07) is 22.3. The maximum atomic E-state index is 5.88. The maximum absolute atomic E-state index is 5.88. The third-order valence-corrected chi connectivity index (χ3v) is 6.08. The average molecular weight is 370 g/mol. The highest BCUT2D eigenvalue weighted by Crippen LogP contribution is 2.51. The quantitative estimate of drug-likeness (QED) is 0.517. The van der Waals surface area contributed by atoms with Crippen molar-refractivity contribution in [3.63, 3.8) is 0 Å². The van der Waals surface area contributed by atoms with Crippen LogP contribution in [0.5, 0.6) is 5.75 Å². The van der Waals surface area contributed by atoms with Gasteiger partial charge < -0.3 is 10.1 Å². The van der Waals surface area contributed by atoms with Crippen molar-refractivity contribution in [3.05, 3.63) is 83.9 Å². The zero-order valence-corrected chi connectivity index (χ0v) is 16.6. The van der Waals surface area contributed by atoms with E-state index < -0.39 is 0 Å². The Labute approximate surface area is 167 Å². The van der Waals surface area contributed by atoms with E-state index in [0.717, 1.165) is 18.8 Å². The number of rotatable bonds is 4. The molecule has 2 heteroatoms. The highest BCUT2D eigenvalue weighted by atomic mass is 16.5. The molecule has 0 saturated heterocycles. The second-order valence-corrected chi connectivity index (χ2v) is 8.50. The Morgan fingerprint density at radius 2 is 1.82 bits per heavy atom. The number of hydrogen-bond donors (Lipinski definition) is 1. The van der Waals surface area contributed by atoms with Crippen LogP contribution in [0.1, 0.15) is 43.4 Å². The standard InChI is InChI=1S/C26H27NO/c1-17(2)16-28-20-13-10-19(11-14-20)25-23-9-5-8-22(23)24-15-12-18-6-3-4-7-21(18)26(24)27-25/h3-8,10-15,17,22-23,25,27H,9,16H2,1-2H3/t22-,23+,25+/m1/s1. The van der Waals surface area contributed by atoms with Crippen molar-refractivity contribution in [2.75, 3.05) is 11.9 Å². The minimum absolute atomic E-state index is 0.317. The molecule has 0 spiro atoms. The summed E-state index contributed by atoms with van der Waals surface area (Å²) in [7, 11) is 0. The molecule has 0 aromatic heterocycles. The number of anilines is 1. The minimum Gasteiger partial charge on any atom is -0.493 e. The molecule has 0 radical (unpaired) electrons. The highest BCUT2D eigenvalue weighted by molar-refractivity contribution is 5.96. The fourth-order valence-corrected chi connectivity index (χ4v) is 4.70. The van der Waals surface area contributed by atoms with Gasteiger partial charge >= 0.3 is 0 Å². The van der Waals surface area contributed by atoms with Crippen LogP contribution in [0.3, 0.4) is 0 Å². The van der Waals surface area contributed by atoms with Crippen molar-refractivity contribution in [1.82, 2.24) is 0 Å². The predicted octanol–water partition coefficient (Wildman–Crippen LogP) is 6.70. The Morgan fingerprint density at radius 3 is 2.64 bits per heavy atom. The zero-order valence-electron chi connectivity index (χ0n) is 16.6. The summed E-state index contributed by atoms with van der Waals surface area (Å²) in [6.07, 6.45) is 5.89. The first-order valence-electron chi connectivity index (χ1n) is 10.4. The van der Waals surface area contributed by atoms with E-state index in [9.17, 15) is 0 Å². The summed E-state index contributed by atoms with van der Waals surface area (Å²) in [5, 5.41) is 6.53. The second kappa shape index (κ2) is 7.01. The molecule has 1 aliphatic carbocycles. The van der Waals surface area contributed by atoms with Crippen LogP contribution in [0, 0.1) is 11.8 Å². The molecule has 0 fully saturated rings. The molecule has 28 heavy (non-hydrogen) atoms. The number of allylic oxidation sites excluding steroid dienone is 2. The Morgan fingerprint density at radius 1 is 1.00 bits per heavy atom. The van der Waals surface area contributed by atoms with Gasteiger partial charge in [0, 0.05) is 17.0 Å². The lowest BCUT2D eigenvalue weighted by Crippen LogP contribution is -2.29. The highest BCUT2D eigenvalue weighted by Gasteiger charge is 2.38. The molecule has 142 valence electrons. The van der Waals surface area contributed by atoms with E-state index in [1.807, 2.05) is 0 Å². The van der Waals surface area contributed by atoms with Gasteiger partial charge in [-0.15, -0.1) is 0 Å². The SMILES string of the molecule is CC(C)COc1ccc([C@@H]2Nc3c(ccc4ccccc34)[C@@H]3C=CC[C@@H]32)cc1. The largest absolute Gasteiger partial charge is 0.493 e. The van der Waals surface area contributed by atoms with Gasteiger partial charge in [-0.25, -0.2) is 0 Å². The Balaban J connectivity index is 1.51. The number of ether oxygens (including phenoxy) is 1. The summed E-state index contributed by atoms with van der Waals surface area (Å²) in [6.45, 7) is 5.11. The molecular formula is C26H27NO. The molecule has 0 bridgehead atoms. The van der Waals surface area contributed by atoms with Gasteiger partial charge in [0.15, 0.2) is 0 Å². The van der Waals surface area contributed by atoms with E-state index in [1.165, 1.54) is 27.6 Å². The van der Waals surface area contributed by atoms with Crippen LogP contribution in [-0.4, -0.2) is 6.61 Å². The molecule has 3 atom stereocenters. The zero-order chi connectivity index (χ0) is 19.1. The number of fused-ring (bicyclic) bond motifs is 5. The van der Waals surface area contributed by atoms with Crippen LogP contribution in [0.2, 0.25) is 0 Å². The molecule has 2 aliphatic rings. The van der Waals surface area contributed by atoms with Gasteiger partial charge in [0.1, 0.15) is 5.75 Å². The van der Waals surface area contributed by atoms with E-state index in [2.05, 4.69) is 92.0 Å². The minimum atomic E-state index is 0.317. The molecule has 1 N–H and O–H groups in total. The van der Waals surface area contributed by atoms with E-state index in [1.54, 1.807) is 0 Å². The van der Waals surface area contributed by atoms with Crippen molar-refractivity contribution < 1.29 is 4.74 Å². The third-order valence-electron chi connectivity index (χ3n) is 6.08. The van der Waals surface area contributed by atoms with Gasteiger partial charge in [-0.05, 0) is 46.9 Å². The van der Waals surface area contributed by atoms with E-state index in [4.69, 9.17) is 4.74 Å². The van der Waals surface area contributed by atoms with Crippen LogP contribution in [-0.2, 0) is 0 Å². The monoisotopic (exact) mass is 369 g/mol. The normalized spacial score (nSPS) is 22.8. The molecule has 5 rings (SSSR count). The van der Waals surface area contributed by atoms with Crippen molar-refractivity contribution in [3.8, 4) is 5.75 Å². The molecule has 3 aromatic rings. The smallest absolute Gasteiger partial charge is 0.119 e. The van der Waals surface area contributed by atoms with Gasteiger partial charge in [0.25, 0.3) is 0 Å². The first kappa shape index (κ1) is 17.4. The van der Waals surface area contributed by atoms with Crippen molar-refractivity contribution in [2.45, 2.75) is 32.2 Å². The lowest BCUT2D eigenvalue weighted by atomic mass is 9.76. The topological polar surface area (TPSA) is 21.3 Å². The molecule has 1 aliphatic heterocycles. The van der Waals surface area contributed by atoms with Crippen LogP contribution >= 0.6 is 0 Å². The fraction of sp³-hybridized carbons (Fsp3) is 0.308. The Hall–Kier alpha value is -2.74. The van der Waals surface area contributed by atoms with Gasteiger partial charge in [-0.2, -0.15) is 0 Å². The lowest BCUT2D eigenvalue weighted by Gasteiger charge is -2.38. The van der Waals surface area contributed by atoms with Gasteiger partial charge in [-0.3, -0.25) is 0 Å². The van der Waals surface area contributed by atoms with Crippen molar-refractivity contribution in [1.29, 1.82) is 0 Å². The van der Waals surface area contributed by atoms with E-state index in [0.29, 0.717) is 23.8 Å². The first-order chi connectivity index (χ1) is 13.7. The first-order valence-corrected chi connectivity index (χ1v) is 10.4. The maximum Gasteiger partial charge on any atom is 0.119 e. The molecule has 0 amide bonds. The number of hydrogen-bond acceptors (Lipinski definition) is 2. The molecule has 1 heterocycles. The fourth-order valence-electron chi connectivity index (χ4n) is 4.70. The van der Waals surface area contributed by atoms with E-state index in [-0.39, 0.29) is 0 Å². The Bertz CT molecular complexity index is 1020. The molecule has 0 unspecified atom stereocenters. The summed E-state index contributed by atoms with van der Waals surface area (Å²) in [4.78, 5) is 0. The summed E-state index contributed by atoms with van der Waals surface area (Å²) in [5.74, 6) is 2.55. The lowest BCUT2D eigenvalue weighted by molar-refractivity contribution is 0.271. The van der Waals surface area contributed by atoms with Gasteiger partial charge in [0.2, 0.25) is 0 Å². The van der Waals surface area contributed by atoms with E-state index >= 15 is 0 Å². The van der Waals surface area contributed by atoms with Crippen LogP contribution in [0.25, 0.3) is 10.8 Å². The molecular weight excluding hydrogens is 342 g/mol. The molecule has 0 saturated carbocycles. The number of nitrogens with one attached hydrogen (secondary N) is 1. The second-order valence-electron chi connectivity index (χ2n) is 8.50. The van der Waals surface area contributed by atoms with Crippen LogP contribution in [0.4, 0.5) is 5.69 Å². The number of benzene rings is 3. The molecule has 3 aromatic carbocycles. The van der Waals surface area contributed by atoms with Gasteiger partial charge in [-0.1, -0.05) is 74.5 Å². The summed E-state index contributed by atoms with van der Waals surface area (Å²) in [5.41, 5.74) is 4.08. The molecule has 2 nitrogen and oxygen atoms in total. The summed E-state index contributed by atoms with van der Waals surface area (Å²) < 4.78 is 5.88. The predicted molar refractivity (Wildman–Crippen MR) is 117 cm³/mol. The average Bonchev–Trinajstić information content (AvgIpc) is 3.22. The Kier molecular flexibility index (Phi) is 4.35. The van der Waals surface area contributed by atoms with Crippen LogP contribution < -0.4 is 10.1 Å².